The largest absolute Gasteiger partial charge is 0.481 e. The van der Waals surface area contributed by atoms with Crippen molar-refractivity contribution >= 4 is 29.7 Å². The average molecular weight is 457 g/mol. The predicted molar refractivity (Wildman–Crippen MR) is 115 cm³/mol. The Morgan fingerprint density at radius 3 is 2.12 bits per heavy atom. The van der Waals surface area contributed by atoms with Crippen LogP contribution in [0.25, 0.3) is 0 Å². The molecule has 0 aromatic heterocycles. The number of nitrogens with zero attached hydrogens (tertiary/aromatic N) is 1. The highest BCUT2D eigenvalue weighted by Gasteiger charge is 2.39. The first-order chi connectivity index (χ1) is 14.9. The fourth-order valence-electron chi connectivity index (χ4n) is 3.62. The predicted octanol–water partition coefficient (Wildman–Crippen LogP) is -0.0742. The second-order valence-corrected chi connectivity index (χ2v) is 8.79. The summed E-state index contributed by atoms with van der Waals surface area (Å²) in [5.74, 6) is -4.59. The Bertz CT molecular complexity index is 712. The molecule has 1 aliphatic rings. The Morgan fingerprint density at radius 1 is 1.03 bits per heavy atom. The molecule has 182 valence electrons. The van der Waals surface area contributed by atoms with Crippen LogP contribution in [0.3, 0.4) is 0 Å². The Morgan fingerprint density at radius 2 is 1.62 bits per heavy atom. The summed E-state index contributed by atoms with van der Waals surface area (Å²) in [5.41, 5.74) is 5.95. The van der Waals surface area contributed by atoms with Crippen LogP contribution in [-0.2, 0) is 24.0 Å². The number of nitrogens with one attached hydrogen (secondary N) is 2. The number of carbonyl (C=O) groups is 5. The first kappa shape index (κ1) is 27.3. The molecule has 1 rings (SSSR count). The molecule has 0 saturated carbocycles. The first-order valence-electron chi connectivity index (χ1n) is 11.0. The minimum atomic E-state index is -1.45. The molecule has 0 spiro atoms. The van der Waals surface area contributed by atoms with Crippen LogP contribution in [0.4, 0.5) is 0 Å². The molecule has 1 fully saturated rings. The number of carboxylic acid groups (broad SMARTS) is 2. The van der Waals surface area contributed by atoms with Crippen LogP contribution in [0.1, 0.15) is 59.8 Å². The molecule has 0 bridgehead atoms. The van der Waals surface area contributed by atoms with Crippen molar-refractivity contribution in [1.82, 2.24) is 15.5 Å². The van der Waals surface area contributed by atoms with Gasteiger partial charge < -0.3 is 31.5 Å². The standard InChI is InChI=1S/C21H36N4O7/c1-5-12(4)17(22)19(29)23-13(9-11(2)3)18(28)24-14(10-16(26)27)20(30)25-8-6-7-15(25)21(31)32/h11-15,17H,5-10,22H2,1-4H3,(H,23,29)(H,24,28)(H,26,27)(H,31,32). The van der Waals surface area contributed by atoms with Crippen LogP contribution in [0, 0.1) is 11.8 Å². The minimum absolute atomic E-state index is 0.00877. The summed E-state index contributed by atoms with van der Waals surface area (Å²) in [4.78, 5) is 62.2. The number of likely N-dealkylation sites (tertiary alicyclic amines) is 1. The number of carbonyl (C=O) groups excluding carboxylic acids is 3. The normalized spacial score (nSPS) is 19.7. The van der Waals surface area contributed by atoms with E-state index < -0.39 is 60.2 Å². The molecule has 0 aromatic rings. The summed E-state index contributed by atoms with van der Waals surface area (Å²) in [7, 11) is 0. The minimum Gasteiger partial charge on any atom is -0.481 e. The van der Waals surface area contributed by atoms with Gasteiger partial charge in [-0.3, -0.25) is 19.2 Å². The summed E-state index contributed by atoms with van der Waals surface area (Å²) in [5, 5.41) is 23.6. The maximum absolute atomic E-state index is 13.0. The molecule has 1 saturated heterocycles. The van der Waals surface area contributed by atoms with Crippen molar-refractivity contribution in [2.24, 2.45) is 17.6 Å². The molecule has 0 radical (unpaired) electrons. The third-order valence-corrected chi connectivity index (χ3v) is 5.71. The number of aliphatic carboxylic acids is 2. The van der Waals surface area contributed by atoms with Gasteiger partial charge in [-0.1, -0.05) is 34.1 Å². The van der Waals surface area contributed by atoms with Gasteiger partial charge in [0.15, 0.2) is 0 Å². The van der Waals surface area contributed by atoms with Crippen molar-refractivity contribution in [2.45, 2.75) is 84.0 Å². The zero-order chi connectivity index (χ0) is 24.6. The lowest BCUT2D eigenvalue weighted by Gasteiger charge is -2.29. The molecular formula is C21H36N4O7. The van der Waals surface area contributed by atoms with Crippen LogP contribution in [0.15, 0.2) is 0 Å². The van der Waals surface area contributed by atoms with E-state index in [9.17, 15) is 34.2 Å². The second kappa shape index (κ2) is 12.4. The van der Waals surface area contributed by atoms with Gasteiger partial charge in [0.2, 0.25) is 17.7 Å². The fourth-order valence-corrected chi connectivity index (χ4v) is 3.62. The first-order valence-corrected chi connectivity index (χ1v) is 11.0. The van der Waals surface area contributed by atoms with Crippen LogP contribution < -0.4 is 16.4 Å². The maximum Gasteiger partial charge on any atom is 0.326 e. The van der Waals surface area contributed by atoms with Crippen molar-refractivity contribution in [3.63, 3.8) is 0 Å². The molecular weight excluding hydrogens is 420 g/mol. The van der Waals surface area contributed by atoms with Gasteiger partial charge in [0.1, 0.15) is 18.1 Å². The van der Waals surface area contributed by atoms with Crippen LogP contribution >= 0.6 is 0 Å². The molecule has 1 aliphatic heterocycles. The Labute approximate surface area is 188 Å². The number of carboxylic acids is 2. The average Bonchev–Trinajstić information content (AvgIpc) is 3.20. The molecule has 6 N–H and O–H groups in total. The lowest BCUT2D eigenvalue weighted by molar-refractivity contribution is -0.150. The van der Waals surface area contributed by atoms with Crippen molar-refractivity contribution in [2.75, 3.05) is 6.54 Å². The zero-order valence-electron chi connectivity index (χ0n) is 19.2. The summed E-state index contributed by atoms with van der Waals surface area (Å²) < 4.78 is 0. The molecule has 0 aliphatic carbocycles. The maximum atomic E-state index is 13.0. The van der Waals surface area contributed by atoms with Gasteiger partial charge in [-0.2, -0.15) is 0 Å². The summed E-state index contributed by atoms with van der Waals surface area (Å²) in [6.45, 7) is 7.57. The fraction of sp³-hybridized carbons (Fsp3) is 0.762. The molecule has 5 unspecified atom stereocenters. The van der Waals surface area contributed by atoms with E-state index >= 15 is 0 Å². The van der Waals surface area contributed by atoms with Gasteiger partial charge in [0.05, 0.1) is 12.5 Å². The van der Waals surface area contributed by atoms with Crippen molar-refractivity contribution in [3.05, 3.63) is 0 Å². The highest BCUT2D eigenvalue weighted by molar-refractivity contribution is 5.95. The molecule has 3 amide bonds. The lowest BCUT2D eigenvalue weighted by atomic mass is 9.97. The highest BCUT2D eigenvalue weighted by atomic mass is 16.4. The van der Waals surface area contributed by atoms with Gasteiger partial charge in [-0.15, -0.1) is 0 Å². The van der Waals surface area contributed by atoms with E-state index in [1.54, 1.807) is 0 Å². The molecule has 11 heteroatoms. The van der Waals surface area contributed by atoms with E-state index in [-0.39, 0.29) is 31.2 Å². The van der Waals surface area contributed by atoms with Crippen LogP contribution in [0.2, 0.25) is 0 Å². The zero-order valence-corrected chi connectivity index (χ0v) is 19.2. The molecule has 0 aromatic carbocycles. The van der Waals surface area contributed by atoms with E-state index in [4.69, 9.17) is 5.73 Å². The summed E-state index contributed by atoms with van der Waals surface area (Å²) >= 11 is 0. The lowest BCUT2D eigenvalue weighted by Crippen LogP contribution is -2.58. The Balaban J connectivity index is 3.02. The molecule has 11 nitrogen and oxygen atoms in total. The smallest absolute Gasteiger partial charge is 0.326 e. The number of rotatable bonds is 12. The van der Waals surface area contributed by atoms with Crippen molar-refractivity contribution < 1.29 is 34.2 Å². The number of amides is 3. The van der Waals surface area contributed by atoms with Crippen molar-refractivity contribution in [3.8, 4) is 0 Å². The summed E-state index contributed by atoms with van der Waals surface area (Å²) in [6, 6.07) is -4.35. The Hall–Kier alpha value is -2.69. The van der Waals surface area contributed by atoms with E-state index in [0.29, 0.717) is 12.8 Å². The van der Waals surface area contributed by atoms with E-state index in [0.717, 1.165) is 4.90 Å². The SMILES string of the molecule is CCC(C)C(N)C(=O)NC(CC(C)C)C(=O)NC(CC(=O)O)C(=O)N1CCCC1C(=O)O. The highest BCUT2D eigenvalue weighted by Crippen LogP contribution is 2.19. The summed E-state index contributed by atoms with van der Waals surface area (Å²) in [6.07, 6.45) is 0.943. The Kier molecular flexibility index (Phi) is 10.6. The molecule has 32 heavy (non-hydrogen) atoms. The molecule has 5 atom stereocenters. The monoisotopic (exact) mass is 456 g/mol. The number of nitrogens with two attached hydrogens (primary N) is 1. The van der Waals surface area contributed by atoms with Gasteiger partial charge in [-0.05, 0) is 31.1 Å². The van der Waals surface area contributed by atoms with Crippen molar-refractivity contribution in [1.29, 1.82) is 0 Å². The van der Waals surface area contributed by atoms with E-state index in [2.05, 4.69) is 10.6 Å². The number of hydrogen-bond donors (Lipinski definition) is 5. The quantitative estimate of drug-likeness (QED) is 0.270. The van der Waals surface area contributed by atoms with Gasteiger partial charge >= 0.3 is 11.9 Å². The molecule has 1 heterocycles. The number of hydrogen-bond acceptors (Lipinski definition) is 6. The topological polar surface area (TPSA) is 179 Å². The second-order valence-electron chi connectivity index (χ2n) is 8.79. The third kappa shape index (κ3) is 7.77. The van der Waals surface area contributed by atoms with Crippen LogP contribution in [0.5, 0.6) is 0 Å². The van der Waals surface area contributed by atoms with E-state index in [1.807, 2.05) is 27.7 Å². The van der Waals surface area contributed by atoms with Gasteiger partial charge in [0.25, 0.3) is 0 Å². The van der Waals surface area contributed by atoms with Gasteiger partial charge in [-0.25, -0.2) is 4.79 Å². The van der Waals surface area contributed by atoms with Crippen LogP contribution in [-0.4, -0.2) is 75.5 Å². The van der Waals surface area contributed by atoms with Gasteiger partial charge in [0, 0.05) is 6.54 Å². The van der Waals surface area contributed by atoms with E-state index in [1.165, 1.54) is 0 Å². The third-order valence-electron chi connectivity index (χ3n) is 5.71.